The van der Waals surface area contributed by atoms with E-state index in [9.17, 15) is 4.79 Å². The zero-order valence-corrected chi connectivity index (χ0v) is 17.1. The summed E-state index contributed by atoms with van der Waals surface area (Å²) in [5.74, 6) is 1.02. The Morgan fingerprint density at radius 3 is 2.50 bits per heavy atom. The average molecular weight is 396 g/mol. The Morgan fingerprint density at radius 1 is 1.07 bits per heavy atom. The van der Waals surface area contributed by atoms with Crippen molar-refractivity contribution in [2.75, 3.05) is 20.2 Å². The molecule has 6 heteroatoms. The number of piperidine rings is 1. The summed E-state index contributed by atoms with van der Waals surface area (Å²) >= 11 is 1.53. The Hall–Kier alpha value is -2.47. The summed E-state index contributed by atoms with van der Waals surface area (Å²) in [5, 5.41) is 0.663. The summed E-state index contributed by atoms with van der Waals surface area (Å²) in [6.07, 6.45) is 3.43. The molecule has 4 rings (SSSR count). The van der Waals surface area contributed by atoms with Crippen LogP contribution >= 0.6 is 11.8 Å². The first-order valence-corrected chi connectivity index (χ1v) is 10.6. The fourth-order valence-corrected chi connectivity index (χ4v) is 4.67. The minimum absolute atomic E-state index is 0.174. The van der Waals surface area contributed by atoms with E-state index in [-0.39, 0.29) is 11.2 Å². The van der Waals surface area contributed by atoms with Crippen molar-refractivity contribution in [2.45, 2.75) is 36.6 Å². The van der Waals surface area contributed by atoms with Crippen molar-refractivity contribution in [2.24, 2.45) is 0 Å². The number of ether oxygens (including phenoxy) is 1. The van der Waals surface area contributed by atoms with Gasteiger partial charge in [-0.2, -0.15) is 0 Å². The molecule has 1 aliphatic heterocycles. The smallest absolute Gasteiger partial charge is 0.235 e. The normalized spacial score (nSPS) is 15.6. The van der Waals surface area contributed by atoms with E-state index in [2.05, 4.69) is 10.6 Å². The molecule has 0 saturated carbocycles. The Balaban J connectivity index is 1.67. The summed E-state index contributed by atoms with van der Waals surface area (Å²) < 4.78 is 7.41. The summed E-state index contributed by atoms with van der Waals surface area (Å²) in [6.45, 7) is 3.73. The molecular formula is C22H25N3O2S. The van der Waals surface area contributed by atoms with Gasteiger partial charge in [-0.15, -0.1) is 0 Å². The van der Waals surface area contributed by atoms with Crippen molar-refractivity contribution in [1.29, 1.82) is 0 Å². The van der Waals surface area contributed by atoms with Crippen molar-refractivity contribution in [3.63, 3.8) is 0 Å². The largest absolute Gasteiger partial charge is 0.497 e. The molecule has 146 valence electrons. The van der Waals surface area contributed by atoms with Gasteiger partial charge in [0.15, 0.2) is 5.16 Å². The molecule has 1 atom stereocenters. The number of rotatable bonds is 5. The molecule has 5 nitrogen and oxygen atoms in total. The zero-order chi connectivity index (χ0) is 19.5. The van der Waals surface area contributed by atoms with Crippen LogP contribution in [0.3, 0.4) is 0 Å². The highest BCUT2D eigenvalue weighted by molar-refractivity contribution is 8.00. The molecule has 1 saturated heterocycles. The van der Waals surface area contributed by atoms with Gasteiger partial charge in [-0.25, -0.2) is 4.98 Å². The van der Waals surface area contributed by atoms with Crippen LogP contribution < -0.4 is 4.74 Å². The number of methoxy groups -OCH3 is 1. The molecular weight excluding hydrogens is 370 g/mol. The number of hydrogen-bond donors (Lipinski definition) is 0. The fourth-order valence-electron chi connectivity index (χ4n) is 3.64. The lowest BCUT2D eigenvalue weighted by atomic mass is 10.1. The van der Waals surface area contributed by atoms with Crippen molar-refractivity contribution >= 4 is 28.7 Å². The van der Waals surface area contributed by atoms with Crippen molar-refractivity contribution in [3.8, 4) is 11.4 Å². The van der Waals surface area contributed by atoms with E-state index in [1.54, 1.807) is 7.11 Å². The average Bonchev–Trinajstić information content (AvgIpc) is 3.11. The zero-order valence-electron chi connectivity index (χ0n) is 16.3. The first-order chi connectivity index (χ1) is 13.7. The number of carbonyl (C=O) groups is 1. The van der Waals surface area contributed by atoms with Gasteiger partial charge in [0.2, 0.25) is 5.91 Å². The fraction of sp³-hybridized carbons (Fsp3) is 0.364. The van der Waals surface area contributed by atoms with Gasteiger partial charge in [-0.1, -0.05) is 23.9 Å². The molecule has 1 fully saturated rings. The number of amides is 1. The third-order valence-corrected chi connectivity index (χ3v) is 6.20. The third-order valence-electron chi connectivity index (χ3n) is 5.16. The number of para-hydroxylation sites is 2. The Morgan fingerprint density at radius 2 is 1.79 bits per heavy atom. The molecule has 0 bridgehead atoms. The van der Waals surface area contributed by atoms with Gasteiger partial charge in [0.05, 0.1) is 23.4 Å². The second kappa shape index (κ2) is 8.27. The van der Waals surface area contributed by atoms with Crippen LogP contribution in [0.5, 0.6) is 5.75 Å². The molecule has 1 aromatic heterocycles. The Bertz CT molecular complexity index is 962. The number of imidazole rings is 1. The summed E-state index contributed by atoms with van der Waals surface area (Å²) in [6, 6.07) is 16.0. The van der Waals surface area contributed by atoms with Crippen LogP contribution in [0.15, 0.2) is 53.7 Å². The minimum Gasteiger partial charge on any atom is -0.497 e. The van der Waals surface area contributed by atoms with Crippen LogP contribution in [0.25, 0.3) is 16.7 Å². The van der Waals surface area contributed by atoms with E-state index in [0.717, 1.165) is 53.6 Å². The molecule has 1 aliphatic rings. The molecule has 3 aromatic rings. The van der Waals surface area contributed by atoms with Crippen LogP contribution in [0.1, 0.15) is 26.2 Å². The van der Waals surface area contributed by atoms with Gasteiger partial charge in [0, 0.05) is 18.8 Å². The molecule has 1 amide bonds. The van der Waals surface area contributed by atoms with Crippen LogP contribution in [-0.2, 0) is 4.79 Å². The van der Waals surface area contributed by atoms with Crippen molar-refractivity contribution in [1.82, 2.24) is 14.5 Å². The summed E-state index contributed by atoms with van der Waals surface area (Å²) in [4.78, 5) is 19.7. The van der Waals surface area contributed by atoms with Crippen molar-refractivity contribution in [3.05, 3.63) is 48.5 Å². The maximum atomic E-state index is 12.9. The highest BCUT2D eigenvalue weighted by atomic mass is 32.2. The molecule has 0 radical (unpaired) electrons. The number of likely N-dealkylation sites (tertiary alicyclic amines) is 1. The molecule has 2 aromatic carbocycles. The SMILES string of the molecule is COc1ccc(-n2c(SC(C)C(=O)N3CCCCC3)nc3ccccc32)cc1. The van der Waals surface area contributed by atoms with E-state index in [1.165, 1.54) is 18.2 Å². The van der Waals surface area contributed by atoms with E-state index >= 15 is 0 Å². The maximum absolute atomic E-state index is 12.9. The first kappa shape index (κ1) is 18.9. The molecule has 28 heavy (non-hydrogen) atoms. The lowest BCUT2D eigenvalue weighted by molar-refractivity contribution is -0.131. The second-order valence-electron chi connectivity index (χ2n) is 7.06. The van der Waals surface area contributed by atoms with Gasteiger partial charge in [0.1, 0.15) is 5.75 Å². The summed E-state index contributed by atoms with van der Waals surface area (Å²) in [7, 11) is 1.66. The molecule has 0 aliphatic carbocycles. The van der Waals surface area contributed by atoms with Gasteiger partial charge in [-0.3, -0.25) is 9.36 Å². The lowest BCUT2D eigenvalue weighted by Gasteiger charge is -2.28. The number of aromatic nitrogens is 2. The standard InChI is InChI=1S/C22H25N3O2S/c1-16(21(26)24-14-6-3-7-15-24)28-22-23-19-8-4-5-9-20(19)25(22)17-10-12-18(27-2)13-11-17/h4-5,8-13,16H,3,6-7,14-15H2,1-2H3. The highest BCUT2D eigenvalue weighted by Crippen LogP contribution is 2.32. The van der Waals surface area contributed by atoms with Gasteiger partial charge < -0.3 is 9.64 Å². The van der Waals surface area contributed by atoms with Crippen LogP contribution in [-0.4, -0.2) is 45.8 Å². The van der Waals surface area contributed by atoms with Crippen molar-refractivity contribution < 1.29 is 9.53 Å². The second-order valence-corrected chi connectivity index (χ2v) is 8.37. The predicted octanol–water partition coefficient (Wildman–Crippen LogP) is 4.53. The van der Waals surface area contributed by atoms with Crippen LogP contribution in [0.2, 0.25) is 0 Å². The first-order valence-electron chi connectivity index (χ1n) is 9.75. The van der Waals surface area contributed by atoms with E-state index in [4.69, 9.17) is 9.72 Å². The lowest BCUT2D eigenvalue weighted by Crippen LogP contribution is -2.40. The number of carbonyl (C=O) groups excluding carboxylic acids is 1. The van der Waals surface area contributed by atoms with E-state index in [0.29, 0.717) is 0 Å². The number of hydrogen-bond acceptors (Lipinski definition) is 4. The van der Waals surface area contributed by atoms with Gasteiger partial charge in [0.25, 0.3) is 0 Å². The predicted molar refractivity (Wildman–Crippen MR) is 113 cm³/mol. The number of thioether (sulfide) groups is 1. The monoisotopic (exact) mass is 395 g/mol. The van der Waals surface area contributed by atoms with Gasteiger partial charge in [-0.05, 0) is 62.6 Å². The number of fused-ring (bicyclic) bond motifs is 1. The van der Waals surface area contributed by atoms with E-state index in [1.807, 2.05) is 54.3 Å². The van der Waals surface area contributed by atoms with Crippen LogP contribution in [0, 0.1) is 0 Å². The third kappa shape index (κ3) is 3.74. The summed E-state index contributed by atoms with van der Waals surface area (Å²) in [5.41, 5.74) is 2.97. The van der Waals surface area contributed by atoms with E-state index < -0.39 is 0 Å². The molecule has 0 N–H and O–H groups in total. The molecule has 0 spiro atoms. The Labute approximate surface area is 169 Å². The number of nitrogens with zero attached hydrogens (tertiary/aromatic N) is 3. The molecule has 2 heterocycles. The quantitative estimate of drug-likeness (QED) is 0.596. The maximum Gasteiger partial charge on any atom is 0.235 e. The Kier molecular flexibility index (Phi) is 5.57. The van der Waals surface area contributed by atoms with Crippen LogP contribution in [0.4, 0.5) is 0 Å². The van der Waals surface area contributed by atoms with Gasteiger partial charge >= 0.3 is 0 Å². The highest BCUT2D eigenvalue weighted by Gasteiger charge is 2.25. The minimum atomic E-state index is -0.174. The number of benzene rings is 2. The molecule has 1 unspecified atom stereocenters. The topological polar surface area (TPSA) is 47.4 Å².